The van der Waals surface area contributed by atoms with Crippen LogP contribution in [0.3, 0.4) is 0 Å². The first kappa shape index (κ1) is 22.5. The molecule has 1 aliphatic heterocycles. The van der Waals surface area contributed by atoms with Crippen molar-refractivity contribution in [1.29, 1.82) is 0 Å². The summed E-state index contributed by atoms with van der Waals surface area (Å²) in [7, 11) is 0. The molecule has 7 nitrogen and oxygen atoms in total. The molecule has 1 fully saturated rings. The number of nitrogens with one attached hydrogen (secondary N) is 1. The number of likely N-dealkylation sites (tertiary alicyclic amines) is 1. The zero-order chi connectivity index (χ0) is 24.5. The van der Waals surface area contributed by atoms with Gasteiger partial charge in [-0.3, -0.25) is 9.78 Å². The summed E-state index contributed by atoms with van der Waals surface area (Å²) in [6, 6.07) is 12.3. The Balaban J connectivity index is 1.18. The molecule has 3 aromatic heterocycles. The largest absolute Gasteiger partial charge is 0.366 e. The van der Waals surface area contributed by atoms with E-state index < -0.39 is 0 Å². The Kier molecular flexibility index (Phi) is 5.97. The van der Waals surface area contributed by atoms with Crippen LogP contribution in [0, 0.1) is 6.92 Å². The topological polar surface area (TPSA) is 75.4 Å². The maximum atomic E-state index is 13.2. The molecule has 0 saturated carbocycles. The Bertz CT molecular complexity index is 1430. The number of aromatic nitrogens is 4. The van der Waals surface area contributed by atoms with E-state index in [1.807, 2.05) is 40.9 Å². The summed E-state index contributed by atoms with van der Waals surface area (Å²) in [6.07, 6.45) is 13.8. The molecule has 4 aromatic rings. The van der Waals surface area contributed by atoms with Gasteiger partial charge in [-0.1, -0.05) is 24.3 Å². The van der Waals surface area contributed by atoms with Gasteiger partial charge in [0, 0.05) is 60.8 Å². The minimum Gasteiger partial charge on any atom is -0.366 e. The Morgan fingerprint density at radius 1 is 1.14 bits per heavy atom. The molecule has 0 bridgehead atoms. The second-order valence-corrected chi connectivity index (χ2v) is 9.77. The van der Waals surface area contributed by atoms with Crippen molar-refractivity contribution in [2.45, 2.75) is 45.1 Å². The van der Waals surface area contributed by atoms with Crippen LogP contribution < -0.4 is 5.32 Å². The first-order chi connectivity index (χ1) is 17.7. The van der Waals surface area contributed by atoms with Crippen LogP contribution in [-0.4, -0.2) is 43.5 Å². The monoisotopic (exact) mass is 478 g/mol. The van der Waals surface area contributed by atoms with Crippen LogP contribution in [0.5, 0.6) is 0 Å². The molecule has 0 unspecified atom stereocenters. The molecule has 1 aromatic carbocycles. The van der Waals surface area contributed by atoms with Crippen LogP contribution in [0.2, 0.25) is 0 Å². The highest BCUT2D eigenvalue weighted by Gasteiger charge is 2.27. The average Bonchev–Trinajstić information content (AvgIpc) is 3.32. The number of fused-ring (bicyclic) bond motifs is 2. The van der Waals surface area contributed by atoms with E-state index in [1.54, 1.807) is 6.20 Å². The third-order valence-electron chi connectivity index (χ3n) is 7.34. The van der Waals surface area contributed by atoms with Gasteiger partial charge in [0.2, 0.25) is 0 Å². The quantitative estimate of drug-likeness (QED) is 0.436. The fourth-order valence-electron chi connectivity index (χ4n) is 5.24. The van der Waals surface area contributed by atoms with Crippen molar-refractivity contribution in [3.63, 3.8) is 0 Å². The molecule has 0 atom stereocenters. The van der Waals surface area contributed by atoms with E-state index in [2.05, 4.69) is 51.8 Å². The van der Waals surface area contributed by atoms with Gasteiger partial charge in [0.05, 0.1) is 6.20 Å². The number of anilines is 1. The second kappa shape index (κ2) is 9.57. The standard InChI is InChI=1S/C29H30N6O/c1-20-17-32-35-27(31-19-21-5-4-12-30-18-21)16-26(33-28(20)35)23-10-13-34(14-11-23)29(36)25-9-8-22-6-2-3-7-24(22)15-25/h3-5,7-9,12,15-18,23,31H,2,6,10-11,13-14,19H2,1H3. The Labute approximate surface area is 210 Å². The molecule has 1 saturated heterocycles. The summed E-state index contributed by atoms with van der Waals surface area (Å²) >= 11 is 0. The lowest BCUT2D eigenvalue weighted by atomic mass is 9.92. The van der Waals surface area contributed by atoms with Crippen LogP contribution in [-0.2, 0) is 13.0 Å². The number of carbonyl (C=O) groups is 1. The van der Waals surface area contributed by atoms with Gasteiger partial charge in [-0.2, -0.15) is 9.61 Å². The van der Waals surface area contributed by atoms with E-state index >= 15 is 0 Å². The molecule has 1 amide bonds. The molecule has 0 radical (unpaired) electrons. The highest BCUT2D eigenvalue weighted by molar-refractivity contribution is 5.95. The van der Waals surface area contributed by atoms with Crippen LogP contribution in [0.1, 0.15) is 63.5 Å². The van der Waals surface area contributed by atoms with Crippen molar-refractivity contribution in [3.8, 4) is 0 Å². The van der Waals surface area contributed by atoms with Crippen molar-refractivity contribution >= 4 is 23.4 Å². The molecule has 2 aliphatic rings. The molecule has 1 N–H and O–H groups in total. The number of carbonyl (C=O) groups excluding carboxylic acids is 1. The third-order valence-corrected chi connectivity index (χ3v) is 7.34. The zero-order valence-corrected chi connectivity index (χ0v) is 20.5. The molecule has 0 spiro atoms. The number of pyridine rings is 1. The minimum atomic E-state index is 0.129. The number of aryl methyl sites for hydroxylation is 2. The summed E-state index contributed by atoms with van der Waals surface area (Å²) in [6.45, 7) is 4.17. The number of allylic oxidation sites excluding steroid dienone is 1. The van der Waals surface area contributed by atoms with Crippen LogP contribution in [0.25, 0.3) is 11.7 Å². The fourth-order valence-corrected chi connectivity index (χ4v) is 5.24. The smallest absolute Gasteiger partial charge is 0.253 e. The molecular formula is C29H30N6O. The van der Waals surface area contributed by atoms with Crippen molar-refractivity contribution in [1.82, 2.24) is 24.5 Å². The number of nitrogens with zero attached hydrogens (tertiary/aromatic N) is 5. The van der Waals surface area contributed by atoms with Crippen LogP contribution in [0.15, 0.2) is 61.1 Å². The predicted molar refractivity (Wildman–Crippen MR) is 141 cm³/mol. The van der Waals surface area contributed by atoms with Gasteiger partial charge in [-0.15, -0.1) is 0 Å². The van der Waals surface area contributed by atoms with Gasteiger partial charge in [-0.05, 0) is 67.5 Å². The third kappa shape index (κ3) is 4.37. The van der Waals surface area contributed by atoms with Gasteiger partial charge in [0.15, 0.2) is 5.65 Å². The molecule has 7 heteroatoms. The minimum absolute atomic E-state index is 0.129. The molecular weight excluding hydrogens is 448 g/mol. The molecule has 36 heavy (non-hydrogen) atoms. The number of rotatable bonds is 5. The fraction of sp³-hybridized carbons (Fsp3) is 0.310. The average molecular weight is 479 g/mol. The summed E-state index contributed by atoms with van der Waals surface area (Å²) in [4.78, 5) is 24.4. The van der Waals surface area contributed by atoms with E-state index in [4.69, 9.17) is 4.98 Å². The van der Waals surface area contributed by atoms with Crippen LogP contribution in [0.4, 0.5) is 5.82 Å². The Morgan fingerprint density at radius 3 is 2.86 bits per heavy atom. The lowest BCUT2D eigenvalue weighted by molar-refractivity contribution is 0.0712. The van der Waals surface area contributed by atoms with E-state index in [9.17, 15) is 4.79 Å². The van der Waals surface area contributed by atoms with Gasteiger partial charge in [-0.25, -0.2) is 4.98 Å². The number of amides is 1. The highest BCUT2D eigenvalue weighted by Crippen LogP contribution is 2.31. The molecule has 4 heterocycles. The molecule has 182 valence electrons. The lowest BCUT2D eigenvalue weighted by Gasteiger charge is -2.32. The number of piperidine rings is 1. The predicted octanol–water partition coefficient (Wildman–Crippen LogP) is 5.02. The summed E-state index contributed by atoms with van der Waals surface area (Å²) in [5, 5.41) is 8.06. The summed E-state index contributed by atoms with van der Waals surface area (Å²) in [5.41, 5.74) is 7.40. The molecule has 6 rings (SSSR count). The van der Waals surface area contributed by atoms with E-state index in [0.29, 0.717) is 12.5 Å². The van der Waals surface area contributed by atoms with Gasteiger partial charge < -0.3 is 10.2 Å². The second-order valence-electron chi connectivity index (χ2n) is 9.77. The van der Waals surface area contributed by atoms with E-state index in [0.717, 1.165) is 72.6 Å². The maximum Gasteiger partial charge on any atom is 0.253 e. The number of benzene rings is 1. The highest BCUT2D eigenvalue weighted by atomic mass is 16.2. The van der Waals surface area contributed by atoms with Crippen molar-refractivity contribution in [2.24, 2.45) is 0 Å². The van der Waals surface area contributed by atoms with Gasteiger partial charge >= 0.3 is 0 Å². The lowest BCUT2D eigenvalue weighted by Crippen LogP contribution is -2.38. The molecule has 1 aliphatic carbocycles. The van der Waals surface area contributed by atoms with Crippen molar-refractivity contribution in [3.05, 3.63) is 94.6 Å². The SMILES string of the molecule is Cc1cnn2c(NCc3cccnc3)cc(C3CCN(C(=O)c4ccc5c(c4)C=CCC5)CC3)nc12. The van der Waals surface area contributed by atoms with Crippen LogP contribution >= 0.6 is 0 Å². The Hall–Kier alpha value is -4.00. The van der Waals surface area contributed by atoms with Crippen molar-refractivity contribution in [2.75, 3.05) is 18.4 Å². The van der Waals surface area contributed by atoms with E-state index in [1.165, 1.54) is 11.1 Å². The van der Waals surface area contributed by atoms with Gasteiger partial charge in [0.25, 0.3) is 5.91 Å². The summed E-state index contributed by atoms with van der Waals surface area (Å²) < 4.78 is 1.87. The van der Waals surface area contributed by atoms with E-state index in [-0.39, 0.29) is 5.91 Å². The van der Waals surface area contributed by atoms with Crippen molar-refractivity contribution < 1.29 is 4.79 Å². The first-order valence-corrected chi connectivity index (χ1v) is 12.7. The Morgan fingerprint density at radius 2 is 2.03 bits per heavy atom. The first-order valence-electron chi connectivity index (χ1n) is 12.7. The zero-order valence-electron chi connectivity index (χ0n) is 20.5. The maximum absolute atomic E-state index is 13.2. The normalized spacial score (nSPS) is 15.8. The summed E-state index contributed by atoms with van der Waals surface area (Å²) in [5.74, 6) is 1.36. The number of hydrogen-bond donors (Lipinski definition) is 1. The van der Waals surface area contributed by atoms with Gasteiger partial charge in [0.1, 0.15) is 5.82 Å². The number of hydrogen-bond acceptors (Lipinski definition) is 5.